The van der Waals surface area contributed by atoms with Crippen molar-refractivity contribution < 1.29 is 8.42 Å². The lowest BCUT2D eigenvalue weighted by atomic mass is 10.2. The second kappa shape index (κ2) is 7.68. The molecule has 130 valence electrons. The second-order valence-corrected chi connectivity index (χ2v) is 7.70. The van der Waals surface area contributed by atoms with E-state index in [-0.39, 0.29) is 6.54 Å². The molecule has 0 saturated heterocycles. The molecule has 0 saturated carbocycles. The summed E-state index contributed by atoms with van der Waals surface area (Å²) in [6.07, 6.45) is 2.85. The molecule has 25 heavy (non-hydrogen) atoms. The molecule has 5 heteroatoms. The Morgan fingerprint density at radius 2 is 1.60 bits per heavy atom. The minimum absolute atomic E-state index is 0.262. The summed E-state index contributed by atoms with van der Waals surface area (Å²) in [4.78, 5) is 0.297. The molecule has 0 radical (unpaired) electrons. The highest BCUT2D eigenvalue weighted by atomic mass is 32.2. The molecular weight excluding hydrogens is 332 g/mol. The van der Waals surface area contributed by atoms with Crippen molar-refractivity contribution in [1.82, 2.24) is 9.29 Å². The van der Waals surface area contributed by atoms with Crippen molar-refractivity contribution in [2.75, 3.05) is 0 Å². The molecule has 4 nitrogen and oxygen atoms in total. The molecule has 1 N–H and O–H groups in total. The van der Waals surface area contributed by atoms with Gasteiger partial charge in [-0.25, -0.2) is 13.1 Å². The molecule has 1 aromatic heterocycles. The smallest absolute Gasteiger partial charge is 0.240 e. The standard InChI is InChI=1S/C20H22N2O2S/c1-2-17-10-12-20(13-11-17)25(23,24)21-15-19-9-6-14-22(19)16-18-7-4-3-5-8-18/h3-14,21H,2,15-16H2,1H3. The van der Waals surface area contributed by atoms with Gasteiger partial charge in [-0.2, -0.15) is 0 Å². The maximum atomic E-state index is 12.5. The first-order valence-corrected chi connectivity index (χ1v) is 9.83. The minimum Gasteiger partial charge on any atom is -0.346 e. The lowest BCUT2D eigenvalue weighted by molar-refractivity contribution is 0.578. The van der Waals surface area contributed by atoms with Crippen molar-refractivity contribution in [3.8, 4) is 0 Å². The van der Waals surface area contributed by atoms with Crippen LogP contribution in [0.5, 0.6) is 0 Å². The third-order valence-electron chi connectivity index (χ3n) is 4.20. The van der Waals surface area contributed by atoms with Gasteiger partial charge in [-0.15, -0.1) is 0 Å². The molecule has 0 fully saturated rings. The zero-order valence-corrected chi connectivity index (χ0v) is 15.0. The van der Waals surface area contributed by atoms with Gasteiger partial charge in [0.25, 0.3) is 0 Å². The van der Waals surface area contributed by atoms with Gasteiger partial charge in [0, 0.05) is 18.4 Å². The van der Waals surface area contributed by atoms with Crippen LogP contribution in [0.1, 0.15) is 23.7 Å². The summed E-state index contributed by atoms with van der Waals surface area (Å²) in [6.45, 7) is 3.02. The first-order chi connectivity index (χ1) is 12.1. The number of benzene rings is 2. The first kappa shape index (κ1) is 17.5. The zero-order valence-electron chi connectivity index (χ0n) is 14.2. The fourth-order valence-corrected chi connectivity index (χ4v) is 3.70. The van der Waals surface area contributed by atoms with E-state index in [1.54, 1.807) is 12.1 Å². The highest BCUT2D eigenvalue weighted by molar-refractivity contribution is 7.89. The topological polar surface area (TPSA) is 51.1 Å². The quantitative estimate of drug-likeness (QED) is 0.705. The van der Waals surface area contributed by atoms with Crippen LogP contribution in [-0.2, 0) is 29.5 Å². The molecule has 0 spiro atoms. The van der Waals surface area contributed by atoms with Gasteiger partial charge >= 0.3 is 0 Å². The maximum Gasteiger partial charge on any atom is 0.240 e. The van der Waals surface area contributed by atoms with E-state index in [1.165, 1.54) is 5.56 Å². The average molecular weight is 354 g/mol. The van der Waals surface area contributed by atoms with Crippen molar-refractivity contribution in [2.45, 2.75) is 31.3 Å². The van der Waals surface area contributed by atoms with Crippen molar-refractivity contribution in [2.24, 2.45) is 0 Å². The third-order valence-corrected chi connectivity index (χ3v) is 5.62. The molecular formula is C20H22N2O2S. The van der Waals surface area contributed by atoms with Crippen LogP contribution in [0.25, 0.3) is 0 Å². The molecule has 0 aliphatic carbocycles. The van der Waals surface area contributed by atoms with Gasteiger partial charge in [0.2, 0.25) is 10.0 Å². The number of hydrogen-bond donors (Lipinski definition) is 1. The molecule has 0 aliphatic rings. The Morgan fingerprint density at radius 1 is 0.880 bits per heavy atom. The van der Waals surface area contributed by atoms with Crippen LogP contribution in [0.15, 0.2) is 77.8 Å². The summed E-state index contributed by atoms with van der Waals surface area (Å²) in [5, 5.41) is 0. The Morgan fingerprint density at radius 3 is 2.28 bits per heavy atom. The highest BCUT2D eigenvalue weighted by Gasteiger charge is 2.14. The van der Waals surface area contributed by atoms with Gasteiger partial charge in [0.15, 0.2) is 0 Å². The summed E-state index contributed by atoms with van der Waals surface area (Å²) in [5.74, 6) is 0. The third kappa shape index (κ3) is 4.38. The van der Waals surface area contributed by atoms with Crippen LogP contribution < -0.4 is 4.72 Å². The van der Waals surface area contributed by atoms with Crippen LogP contribution in [-0.4, -0.2) is 13.0 Å². The van der Waals surface area contributed by atoms with Gasteiger partial charge in [0.05, 0.1) is 11.4 Å². The Labute approximate surface area is 149 Å². The lowest BCUT2D eigenvalue weighted by Gasteiger charge is -2.11. The van der Waals surface area contributed by atoms with Crippen molar-refractivity contribution >= 4 is 10.0 Å². The Balaban J connectivity index is 1.70. The monoisotopic (exact) mass is 354 g/mol. The molecule has 0 bridgehead atoms. The number of hydrogen-bond acceptors (Lipinski definition) is 2. The van der Waals surface area contributed by atoms with Crippen LogP contribution >= 0.6 is 0 Å². The molecule has 3 rings (SSSR count). The van der Waals surface area contributed by atoms with Gasteiger partial charge in [-0.3, -0.25) is 0 Å². The van der Waals surface area contributed by atoms with E-state index in [4.69, 9.17) is 0 Å². The predicted octanol–water partition coefficient (Wildman–Crippen LogP) is 3.58. The number of sulfonamides is 1. The van der Waals surface area contributed by atoms with Crippen LogP contribution in [0.4, 0.5) is 0 Å². The molecule has 1 heterocycles. The molecule has 2 aromatic carbocycles. The molecule has 0 atom stereocenters. The molecule has 3 aromatic rings. The summed E-state index contributed by atoms with van der Waals surface area (Å²) in [7, 11) is -3.51. The van der Waals surface area contributed by atoms with E-state index < -0.39 is 10.0 Å². The Kier molecular flexibility index (Phi) is 5.36. The summed E-state index contributed by atoms with van der Waals surface area (Å²) < 4.78 is 29.7. The number of aromatic nitrogens is 1. The fraction of sp³-hybridized carbons (Fsp3) is 0.200. The predicted molar refractivity (Wildman–Crippen MR) is 99.8 cm³/mol. The Bertz CT molecular complexity index is 914. The molecule has 0 unspecified atom stereocenters. The van der Waals surface area contributed by atoms with E-state index in [9.17, 15) is 8.42 Å². The van der Waals surface area contributed by atoms with E-state index in [1.807, 2.05) is 55.6 Å². The van der Waals surface area contributed by atoms with E-state index in [2.05, 4.69) is 21.4 Å². The van der Waals surface area contributed by atoms with Gasteiger partial charge in [-0.1, -0.05) is 49.4 Å². The fourth-order valence-electron chi connectivity index (χ4n) is 2.70. The normalized spacial score (nSPS) is 11.6. The van der Waals surface area contributed by atoms with Crippen molar-refractivity contribution in [1.29, 1.82) is 0 Å². The zero-order chi connectivity index (χ0) is 17.7. The van der Waals surface area contributed by atoms with Crippen molar-refractivity contribution in [3.63, 3.8) is 0 Å². The number of nitrogens with one attached hydrogen (secondary N) is 1. The summed E-state index contributed by atoms with van der Waals surface area (Å²) in [5.41, 5.74) is 3.23. The van der Waals surface area contributed by atoms with E-state index >= 15 is 0 Å². The van der Waals surface area contributed by atoms with Gasteiger partial charge in [0.1, 0.15) is 0 Å². The van der Waals surface area contributed by atoms with Crippen LogP contribution in [0.3, 0.4) is 0 Å². The highest BCUT2D eigenvalue weighted by Crippen LogP contribution is 2.13. The molecule has 0 aliphatic heterocycles. The summed E-state index contributed by atoms with van der Waals surface area (Å²) >= 11 is 0. The summed E-state index contributed by atoms with van der Waals surface area (Å²) in [6, 6.07) is 21.0. The van der Waals surface area contributed by atoms with Crippen LogP contribution in [0.2, 0.25) is 0 Å². The largest absolute Gasteiger partial charge is 0.346 e. The van der Waals surface area contributed by atoms with Gasteiger partial charge in [-0.05, 0) is 41.8 Å². The lowest BCUT2D eigenvalue weighted by Crippen LogP contribution is -2.24. The van der Waals surface area contributed by atoms with E-state index in [0.29, 0.717) is 4.90 Å². The van der Waals surface area contributed by atoms with Gasteiger partial charge < -0.3 is 4.57 Å². The van der Waals surface area contributed by atoms with Crippen LogP contribution in [0, 0.1) is 0 Å². The number of aryl methyl sites for hydroxylation is 1. The number of rotatable bonds is 7. The van der Waals surface area contributed by atoms with E-state index in [0.717, 1.165) is 24.2 Å². The molecule has 0 amide bonds. The first-order valence-electron chi connectivity index (χ1n) is 8.35. The maximum absolute atomic E-state index is 12.5. The van der Waals surface area contributed by atoms with Crippen molar-refractivity contribution in [3.05, 3.63) is 89.7 Å². The minimum atomic E-state index is -3.51. The second-order valence-electron chi connectivity index (χ2n) is 5.94. The average Bonchev–Trinajstić information content (AvgIpc) is 3.08. The SMILES string of the molecule is CCc1ccc(S(=O)(=O)NCc2cccn2Cc2ccccc2)cc1. The Hall–Kier alpha value is -2.37. The number of nitrogens with zero attached hydrogens (tertiary/aromatic N) is 1.